The van der Waals surface area contributed by atoms with Crippen molar-refractivity contribution >= 4 is 34.8 Å². The van der Waals surface area contributed by atoms with Crippen LogP contribution in [-0.2, 0) is 14.3 Å². The number of carbonyl (C=O) groups is 3. The first-order chi connectivity index (χ1) is 15.6. The normalized spacial score (nSPS) is 11.9. The number of amides is 2. The maximum Gasteiger partial charge on any atom is 0.436 e. The Morgan fingerprint density at radius 3 is 2.45 bits per heavy atom. The van der Waals surface area contributed by atoms with Crippen molar-refractivity contribution < 1.29 is 28.3 Å². The summed E-state index contributed by atoms with van der Waals surface area (Å²) in [5.74, 6) is -0.264. The molecular formula is C24H33N3O6. The van der Waals surface area contributed by atoms with Gasteiger partial charge in [-0.1, -0.05) is 19.3 Å². The number of nitrogens with one attached hydrogen (secondary N) is 1. The second kappa shape index (κ2) is 12.0. The topological polar surface area (TPSA) is 133 Å². The van der Waals surface area contributed by atoms with Crippen molar-refractivity contribution in [1.29, 1.82) is 0 Å². The van der Waals surface area contributed by atoms with E-state index in [1.165, 1.54) is 7.11 Å². The minimum absolute atomic E-state index is 0.0185. The van der Waals surface area contributed by atoms with Crippen LogP contribution in [0.5, 0.6) is 0 Å². The van der Waals surface area contributed by atoms with Crippen LogP contribution in [0.15, 0.2) is 33.7 Å². The molecule has 1 aromatic carbocycles. The molecule has 0 radical (unpaired) electrons. The summed E-state index contributed by atoms with van der Waals surface area (Å²) in [6, 6.07) is 6.67. The van der Waals surface area contributed by atoms with Gasteiger partial charge in [-0.3, -0.25) is 9.59 Å². The number of aliphatic imine (C=N–C) groups is 1. The lowest BCUT2D eigenvalue weighted by Crippen LogP contribution is -2.24. The van der Waals surface area contributed by atoms with E-state index in [0.717, 1.165) is 32.1 Å². The number of amidine groups is 1. The van der Waals surface area contributed by atoms with Crippen molar-refractivity contribution in [3.63, 3.8) is 0 Å². The second-order valence-electron chi connectivity index (χ2n) is 8.69. The summed E-state index contributed by atoms with van der Waals surface area (Å²) in [5, 5.41) is 3.52. The minimum atomic E-state index is -0.768. The van der Waals surface area contributed by atoms with E-state index in [2.05, 4.69) is 15.0 Å². The Hall–Kier alpha value is -3.36. The lowest BCUT2D eigenvalue weighted by atomic mass is 10.1. The van der Waals surface area contributed by atoms with Gasteiger partial charge in [-0.05, 0) is 57.9 Å². The lowest BCUT2D eigenvalue weighted by molar-refractivity contribution is -0.140. The van der Waals surface area contributed by atoms with E-state index in [0.29, 0.717) is 29.5 Å². The van der Waals surface area contributed by atoms with Gasteiger partial charge in [0.25, 0.3) is 5.91 Å². The van der Waals surface area contributed by atoms with Crippen LogP contribution in [0.4, 0.5) is 4.79 Å². The van der Waals surface area contributed by atoms with Crippen molar-refractivity contribution in [2.24, 2.45) is 10.7 Å². The molecule has 3 N–H and O–H groups in total. The quantitative estimate of drug-likeness (QED) is 0.234. The molecule has 9 nitrogen and oxygen atoms in total. The molecule has 0 saturated heterocycles. The van der Waals surface area contributed by atoms with E-state index in [4.69, 9.17) is 14.9 Å². The number of rotatable bonds is 10. The molecule has 0 aliphatic heterocycles. The molecule has 33 heavy (non-hydrogen) atoms. The Morgan fingerprint density at radius 1 is 1.06 bits per heavy atom. The third kappa shape index (κ3) is 8.96. The van der Waals surface area contributed by atoms with Gasteiger partial charge in [0.15, 0.2) is 5.76 Å². The summed E-state index contributed by atoms with van der Waals surface area (Å²) in [5.41, 5.74) is 6.32. The molecule has 0 aliphatic rings. The highest BCUT2D eigenvalue weighted by Gasteiger charge is 2.17. The highest BCUT2D eigenvalue weighted by Crippen LogP contribution is 2.21. The van der Waals surface area contributed by atoms with E-state index in [1.54, 1.807) is 45.0 Å². The standard InChI is InChI=1S/C24H33N3O6/c1-24(2,3)33-23(30)27-21(25)16-11-12-18-17(14-16)15-19(32-18)22(29)26-13-9-7-5-6-8-10-20(28)31-4/h11-12,14-15H,5-10,13H2,1-4H3,(H,26,29)(H2,25,27,30). The number of unbranched alkanes of at least 4 members (excludes halogenated alkanes) is 4. The Morgan fingerprint density at radius 2 is 1.76 bits per heavy atom. The van der Waals surface area contributed by atoms with Crippen molar-refractivity contribution in [2.45, 2.75) is 64.9 Å². The molecule has 9 heteroatoms. The maximum absolute atomic E-state index is 12.4. The number of nitrogens with zero attached hydrogens (tertiary/aromatic N) is 1. The van der Waals surface area contributed by atoms with Crippen LogP contribution in [0.2, 0.25) is 0 Å². The minimum Gasteiger partial charge on any atom is -0.469 e. The molecule has 2 amide bonds. The number of fused-ring (bicyclic) bond motifs is 1. The maximum atomic E-state index is 12.4. The van der Waals surface area contributed by atoms with E-state index < -0.39 is 11.7 Å². The van der Waals surface area contributed by atoms with Crippen LogP contribution in [0.25, 0.3) is 11.0 Å². The number of methoxy groups -OCH3 is 1. The number of benzene rings is 1. The Kier molecular flexibility index (Phi) is 9.44. The summed E-state index contributed by atoms with van der Waals surface area (Å²) in [4.78, 5) is 39.1. The third-order valence-electron chi connectivity index (χ3n) is 4.71. The summed E-state index contributed by atoms with van der Waals surface area (Å²) >= 11 is 0. The fourth-order valence-corrected chi connectivity index (χ4v) is 3.08. The zero-order valence-corrected chi connectivity index (χ0v) is 19.7. The first-order valence-corrected chi connectivity index (χ1v) is 11.0. The van der Waals surface area contributed by atoms with Crippen molar-refractivity contribution in [1.82, 2.24) is 5.32 Å². The number of ether oxygens (including phenoxy) is 2. The van der Waals surface area contributed by atoms with Crippen LogP contribution in [0.3, 0.4) is 0 Å². The van der Waals surface area contributed by atoms with Crippen LogP contribution in [0.1, 0.15) is 75.4 Å². The van der Waals surface area contributed by atoms with Crippen molar-refractivity contribution in [3.8, 4) is 0 Å². The molecule has 1 heterocycles. The average molecular weight is 460 g/mol. The van der Waals surface area contributed by atoms with E-state index in [-0.39, 0.29) is 23.5 Å². The fourth-order valence-electron chi connectivity index (χ4n) is 3.08. The third-order valence-corrected chi connectivity index (χ3v) is 4.71. The van der Waals surface area contributed by atoms with Gasteiger partial charge in [-0.15, -0.1) is 0 Å². The molecule has 2 rings (SSSR count). The van der Waals surface area contributed by atoms with Crippen molar-refractivity contribution in [2.75, 3.05) is 13.7 Å². The smallest absolute Gasteiger partial charge is 0.436 e. The number of carbonyl (C=O) groups excluding carboxylic acids is 3. The number of hydrogen-bond donors (Lipinski definition) is 2. The molecule has 0 atom stereocenters. The molecule has 1 aromatic heterocycles. The van der Waals surface area contributed by atoms with Gasteiger partial charge in [0.05, 0.1) is 7.11 Å². The predicted octanol–water partition coefficient (Wildman–Crippen LogP) is 4.32. The lowest BCUT2D eigenvalue weighted by Gasteiger charge is -2.17. The molecule has 2 aromatic rings. The van der Waals surface area contributed by atoms with E-state index >= 15 is 0 Å². The van der Waals surface area contributed by atoms with Gasteiger partial charge in [-0.25, -0.2) is 4.79 Å². The first kappa shape index (κ1) is 25.9. The summed E-state index contributed by atoms with van der Waals surface area (Å²) in [6.45, 7) is 5.77. The number of hydrogen-bond acceptors (Lipinski definition) is 6. The molecule has 0 saturated carbocycles. The van der Waals surface area contributed by atoms with Crippen LogP contribution in [-0.4, -0.2) is 43.1 Å². The highest BCUT2D eigenvalue weighted by atomic mass is 16.6. The number of esters is 1. The van der Waals surface area contributed by atoms with E-state index in [1.807, 2.05) is 0 Å². The highest BCUT2D eigenvalue weighted by molar-refractivity contribution is 6.05. The molecule has 0 bridgehead atoms. The zero-order valence-electron chi connectivity index (χ0n) is 19.7. The Balaban J connectivity index is 1.85. The summed E-state index contributed by atoms with van der Waals surface area (Å²) in [7, 11) is 1.39. The van der Waals surface area contributed by atoms with Gasteiger partial charge >= 0.3 is 12.1 Å². The van der Waals surface area contributed by atoms with Gasteiger partial charge in [0.2, 0.25) is 0 Å². The molecule has 180 valence electrons. The molecule has 0 unspecified atom stereocenters. The molecule has 0 spiro atoms. The van der Waals surface area contributed by atoms with Crippen LogP contribution in [0, 0.1) is 0 Å². The van der Waals surface area contributed by atoms with Crippen LogP contribution >= 0.6 is 0 Å². The Bertz CT molecular complexity index is 1000. The molecule has 0 aliphatic carbocycles. The van der Waals surface area contributed by atoms with Crippen LogP contribution < -0.4 is 11.1 Å². The van der Waals surface area contributed by atoms with Gasteiger partial charge < -0.3 is 24.9 Å². The largest absolute Gasteiger partial charge is 0.469 e. The average Bonchev–Trinajstić information content (AvgIpc) is 3.17. The van der Waals surface area contributed by atoms with Gasteiger partial charge in [0.1, 0.15) is 17.0 Å². The monoisotopic (exact) mass is 459 g/mol. The summed E-state index contributed by atoms with van der Waals surface area (Å²) < 4.78 is 15.4. The van der Waals surface area contributed by atoms with Crippen molar-refractivity contribution in [3.05, 3.63) is 35.6 Å². The Labute approximate surface area is 193 Å². The van der Waals surface area contributed by atoms with Gasteiger partial charge in [-0.2, -0.15) is 4.99 Å². The molecule has 0 fully saturated rings. The van der Waals surface area contributed by atoms with E-state index in [9.17, 15) is 14.4 Å². The molecular weight excluding hydrogens is 426 g/mol. The predicted molar refractivity (Wildman–Crippen MR) is 125 cm³/mol. The second-order valence-corrected chi connectivity index (χ2v) is 8.69. The first-order valence-electron chi connectivity index (χ1n) is 11.0. The number of nitrogens with two attached hydrogens (primary N) is 1. The van der Waals surface area contributed by atoms with Gasteiger partial charge in [0, 0.05) is 23.9 Å². The number of furan rings is 1. The zero-order chi connectivity index (χ0) is 24.4. The fraction of sp³-hybridized carbons (Fsp3) is 0.500. The summed E-state index contributed by atoms with van der Waals surface area (Å²) in [6.07, 6.45) is 4.23. The SMILES string of the molecule is COC(=O)CCCCCCCNC(=O)c1cc2cc(/C(N)=N\C(=O)OC(C)(C)C)ccc2o1.